The Balaban J connectivity index is 1.78. The van der Waals surface area contributed by atoms with Crippen molar-refractivity contribution in [2.45, 2.75) is 32.5 Å². The molecular formula is C32H32F2N4O6. The molecule has 2 aromatic carbocycles. The summed E-state index contributed by atoms with van der Waals surface area (Å²) in [5, 5.41) is 3.89. The van der Waals surface area contributed by atoms with Crippen molar-refractivity contribution in [1.82, 2.24) is 14.9 Å². The van der Waals surface area contributed by atoms with Crippen LogP contribution < -0.4 is 20.5 Å². The molecule has 1 atom stereocenters. The highest BCUT2D eigenvalue weighted by Crippen LogP contribution is 2.25. The van der Waals surface area contributed by atoms with E-state index >= 15 is 0 Å². The second-order valence-electron chi connectivity index (χ2n) is 9.94. The number of halogens is 2. The quantitative estimate of drug-likeness (QED) is 0.180. The van der Waals surface area contributed by atoms with Crippen LogP contribution in [0.3, 0.4) is 0 Å². The summed E-state index contributed by atoms with van der Waals surface area (Å²) in [4.78, 5) is 55.1. The Bertz CT molecular complexity index is 1620. The van der Waals surface area contributed by atoms with Crippen LogP contribution in [-0.4, -0.2) is 53.2 Å². The minimum absolute atomic E-state index is 0.00788. The lowest BCUT2D eigenvalue weighted by molar-refractivity contribution is -0.142. The Labute approximate surface area is 252 Å². The molecule has 44 heavy (non-hydrogen) atoms. The SMILES string of the molecule is C=CCCOC(=O)CN1CN(C(C)C=C)C(=O)c2c(OCc3ccccc3)c(=O)c(C(=O)NCc3ccc(F)cc3F)cn21. The van der Waals surface area contributed by atoms with E-state index in [1.807, 2.05) is 0 Å². The van der Waals surface area contributed by atoms with Crippen molar-refractivity contribution in [2.24, 2.45) is 0 Å². The molecule has 0 fully saturated rings. The third kappa shape index (κ3) is 7.20. The fourth-order valence-corrected chi connectivity index (χ4v) is 4.42. The molecule has 0 spiro atoms. The summed E-state index contributed by atoms with van der Waals surface area (Å²) in [6.07, 6.45) is 4.70. The lowest BCUT2D eigenvalue weighted by Crippen LogP contribution is -2.58. The van der Waals surface area contributed by atoms with Crippen LogP contribution >= 0.6 is 0 Å². The first-order chi connectivity index (χ1) is 21.1. The number of carbonyl (C=O) groups excluding carboxylic acids is 3. The van der Waals surface area contributed by atoms with Gasteiger partial charge >= 0.3 is 5.97 Å². The molecule has 1 unspecified atom stereocenters. The van der Waals surface area contributed by atoms with Gasteiger partial charge in [-0.3, -0.25) is 28.9 Å². The summed E-state index contributed by atoms with van der Waals surface area (Å²) in [5.41, 5.74) is -0.839. The maximum absolute atomic E-state index is 14.2. The molecular weight excluding hydrogens is 574 g/mol. The van der Waals surface area contributed by atoms with E-state index in [4.69, 9.17) is 9.47 Å². The normalized spacial score (nSPS) is 13.1. The predicted molar refractivity (Wildman–Crippen MR) is 159 cm³/mol. The Morgan fingerprint density at radius 3 is 2.55 bits per heavy atom. The minimum atomic E-state index is -0.901. The van der Waals surface area contributed by atoms with Crippen LogP contribution in [0.2, 0.25) is 0 Å². The van der Waals surface area contributed by atoms with Gasteiger partial charge in [-0.05, 0) is 25.0 Å². The van der Waals surface area contributed by atoms with E-state index in [0.717, 1.165) is 12.3 Å². The highest BCUT2D eigenvalue weighted by atomic mass is 19.1. The fourth-order valence-electron chi connectivity index (χ4n) is 4.42. The van der Waals surface area contributed by atoms with Crippen molar-refractivity contribution in [3.8, 4) is 5.75 Å². The molecule has 1 aliphatic heterocycles. The monoisotopic (exact) mass is 606 g/mol. The van der Waals surface area contributed by atoms with Crippen LogP contribution in [0, 0.1) is 11.6 Å². The van der Waals surface area contributed by atoms with Crippen LogP contribution in [0.5, 0.6) is 5.75 Å². The average Bonchev–Trinajstić information content (AvgIpc) is 3.01. The Morgan fingerprint density at radius 1 is 1.11 bits per heavy atom. The topological polar surface area (TPSA) is 110 Å². The highest BCUT2D eigenvalue weighted by molar-refractivity contribution is 5.99. The molecule has 0 radical (unpaired) electrons. The lowest BCUT2D eigenvalue weighted by Gasteiger charge is -2.41. The number of hydrogen-bond donors (Lipinski definition) is 1. The lowest BCUT2D eigenvalue weighted by atomic mass is 10.1. The van der Waals surface area contributed by atoms with E-state index in [0.29, 0.717) is 18.1 Å². The fraction of sp³-hybridized carbons (Fsp3) is 0.250. The largest absolute Gasteiger partial charge is 0.482 e. The predicted octanol–water partition coefficient (Wildman–Crippen LogP) is 3.68. The van der Waals surface area contributed by atoms with Gasteiger partial charge in [-0.25, -0.2) is 8.78 Å². The molecule has 0 bridgehead atoms. The van der Waals surface area contributed by atoms with Gasteiger partial charge in [0.15, 0.2) is 11.4 Å². The minimum Gasteiger partial charge on any atom is -0.482 e. The van der Waals surface area contributed by atoms with Crippen molar-refractivity contribution < 1.29 is 32.6 Å². The van der Waals surface area contributed by atoms with Crippen molar-refractivity contribution in [1.29, 1.82) is 0 Å². The first-order valence-corrected chi connectivity index (χ1v) is 13.8. The van der Waals surface area contributed by atoms with E-state index in [2.05, 4.69) is 18.5 Å². The standard InChI is InChI=1S/C32H32F2N4O6/c1-4-6-14-43-27(39)18-36-20-37(21(3)5-2)32(42)28-30(44-19-22-10-8-7-9-11-22)29(40)25(17-38(28)36)31(41)35-16-23-12-13-24(33)15-26(23)34/h4-5,7-13,15,17,21H,1-2,6,14,16,18-20H2,3H3,(H,35,41). The zero-order chi connectivity index (χ0) is 31.8. The molecule has 1 aliphatic rings. The number of nitrogens with zero attached hydrogens (tertiary/aromatic N) is 3. The van der Waals surface area contributed by atoms with Gasteiger partial charge in [0.2, 0.25) is 5.43 Å². The second-order valence-corrected chi connectivity index (χ2v) is 9.94. The number of carbonyl (C=O) groups is 3. The molecule has 230 valence electrons. The number of nitrogens with one attached hydrogen (secondary N) is 1. The van der Waals surface area contributed by atoms with E-state index in [1.165, 1.54) is 26.7 Å². The molecule has 4 rings (SSSR count). The van der Waals surface area contributed by atoms with Gasteiger partial charge < -0.3 is 19.7 Å². The summed E-state index contributed by atoms with van der Waals surface area (Å²) < 4.78 is 40.0. The van der Waals surface area contributed by atoms with E-state index in [-0.39, 0.29) is 44.2 Å². The molecule has 3 aromatic rings. The van der Waals surface area contributed by atoms with E-state index in [1.54, 1.807) is 43.3 Å². The molecule has 0 saturated heterocycles. The number of amides is 2. The van der Waals surface area contributed by atoms with Crippen molar-refractivity contribution >= 4 is 17.8 Å². The third-order valence-corrected chi connectivity index (χ3v) is 6.88. The average molecular weight is 607 g/mol. The van der Waals surface area contributed by atoms with Crippen molar-refractivity contribution in [3.63, 3.8) is 0 Å². The van der Waals surface area contributed by atoms with E-state index in [9.17, 15) is 28.0 Å². The number of pyridine rings is 1. The van der Waals surface area contributed by atoms with Crippen molar-refractivity contribution in [2.75, 3.05) is 24.8 Å². The molecule has 0 aliphatic carbocycles. The molecule has 10 nitrogen and oxygen atoms in total. The summed E-state index contributed by atoms with van der Waals surface area (Å²) in [5.74, 6) is -4.18. The number of benzene rings is 2. The number of ether oxygens (including phenoxy) is 2. The smallest absolute Gasteiger partial charge is 0.327 e. The number of esters is 1. The Kier molecular flexibility index (Phi) is 10.3. The zero-order valence-electron chi connectivity index (χ0n) is 24.1. The van der Waals surface area contributed by atoms with Crippen molar-refractivity contribution in [3.05, 3.63) is 124 Å². The van der Waals surface area contributed by atoms with E-state index < -0.39 is 52.2 Å². The third-order valence-electron chi connectivity index (χ3n) is 6.88. The summed E-state index contributed by atoms with van der Waals surface area (Å²) >= 11 is 0. The van der Waals surface area contributed by atoms with Gasteiger partial charge in [-0.2, -0.15) is 0 Å². The highest BCUT2D eigenvalue weighted by Gasteiger charge is 2.37. The molecule has 12 heteroatoms. The zero-order valence-corrected chi connectivity index (χ0v) is 24.1. The van der Waals surface area contributed by atoms with Crippen LogP contribution in [0.1, 0.15) is 45.3 Å². The van der Waals surface area contributed by atoms with Crippen LogP contribution in [0.15, 0.2) is 84.8 Å². The van der Waals surface area contributed by atoms with Gasteiger partial charge in [0.1, 0.15) is 37.0 Å². The number of rotatable bonds is 13. The first-order valence-electron chi connectivity index (χ1n) is 13.8. The van der Waals surface area contributed by atoms with Gasteiger partial charge in [-0.15, -0.1) is 13.2 Å². The molecule has 2 heterocycles. The summed E-state index contributed by atoms with van der Waals surface area (Å²) in [7, 11) is 0. The number of fused-ring (bicyclic) bond motifs is 1. The van der Waals surface area contributed by atoms with Gasteiger partial charge in [0.25, 0.3) is 11.8 Å². The van der Waals surface area contributed by atoms with Gasteiger partial charge in [0, 0.05) is 30.4 Å². The molecule has 0 saturated carbocycles. The first kappa shape index (κ1) is 31.7. The maximum atomic E-state index is 14.2. The summed E-state index contributed by atoms with van der Waals surface area (Å²) in [6, 6.07) is 11.3. The van der Waals surface area contributed by atoms with Crippen LogP contribution in [-0.2, 0) is 22.7 Å². The number of aromatic nitrogens is 1. The van der Waals surface area contributed by atoms with Crippen LogP contribution in [0.25, 0.3) is 0 Å². The molecule has 2 amide bonds. The second kappa shape index (κ2) is 14.3. The Morgan fingerprint density at radius 2 is 1.86 bits per heavy atom. The van der Waals surface area contributed by atoms with Gasteiger partial charge in [0.05, 0.1) is 6.61 Å². The van der Waals surface area contributed by atoms with Crippen LogP contribution in [0.4, 0.5) is 8.78 Å². The molecule has 1 aromatic heterocycles. The molecule has 1 N–H and O–H groups in total. The Hall–Kier alpha value is -5.26. The number of hydrogen-bond acceptors (Lipinski definition) is 7. The summed E-state index contributed by atoms with van der Waals surface area (Å²) in [6.45, 7) is 8.25. The van der Waals surface area contributed by atoms with Gasteiger partial charge in [-0.1, -0.05) is 48.6 Å². The maximum Gasteiger partial charge on any atom is 0.327 e.